The van der Waals surface area contributed by atoms with Crippen LogP contribution in [0.4, 0.5) is 10.8 Å². The van der Waals surface area contributed by atoms with Gasteiger partial charge in [0, 0.05) is 37.7 Å². The predicted octanol–water partition coefficient (Wildman–Crippen LogP) is 2.45. The summed E-state index contributed by atoms with van der Waals surface area (Å²) in [6.45, 7) is 10.3. The minimum atomic E-state index is -0.272. The van der Waals surface area contributed by atoms with Crippen LogP contribution in [0.5, 0.6) is 11.5 Å². The minimum absolute atomic E-state index is 0.0347. The normalized spacial score (nSPS) is 20.5. The van der Waals surface area contributed by atoms with E-state index in [-0.39, 0.29) is 11.4 Å². The quantitative estimate of drug-likeness (QED) is 0.759. The number of fused-ring (bicyclic) bond motifs is 2. The first kappa shape index (κ1) is 20.5. The van der Waals surface area contributed by atoms with E-state index in [1.165, 1.54) is 11.3 Å². The third-order valence-corrected chi connectivity index (χ3v) is 6.88. The van der Waals surface area contributed by atoms with Gasteiger partial charge < -0.3 is 24.4 Å². The zero-order valence-electron chi connectivity index (χ0n) is 18.0. The van der Waals surface area contributed by atoms with Crippen LogP contribution in [0.3, 0.4) is 0 Å². The molecule has 0 radical (unpaired) electrons. The molecule has 5 rings (SSSR count). The molecule has 1 aromatic heterocycles. The van der Waals surface area contributed by atoms with Crippen LogP contribution in [-0.4, -0.2) is 73.9 Å². The molecule has 1 aromatic carbocycles. The number of benzene rings is 1. The number of nitrogens with zero attached hydrogens (tertiary/aromatic N) is 3. The molecule has 0 spiro atoms. The van der Waals surface area contributed by atoms with Crippen molar-refractivity contribution in [2.45, 2.75) is 25.8 Å². The van der Waals surface area contributed by atoms with E-state index in [1.54, 1.807) is 0 Å². The standard InChI is InChI=1S/C22H28N4O4S/c1-22(2)14-16-19(20(27)24-22)31-21(23-16)26-8-12-30-18-13-15(3-4-17(18)26)29-11-7-25-5-9-28-10-6-25/h3-4,13H,5-12,14H2,1-2H3,(H,24,27). The average molecular weight is 445 g/mol. The Kier molecular flexibility index (Phi) is 5.49. The molecular formula is C22H28N4O4S. The van der Waals surface area contributed by atoms with E-state index < -0.39 is 0 Å². The van der Waals surface area contributed by atoms with Gasteiger partial charge in [0.05, 0.1) is 31.1 Å². The number of thiazole rings is 1. The van der Waals surface area contributed by atoms with Crippen LogP contribution in [0.15, 0.2) is 18.2 Å². The fourth-order valence-corrected chi connectivity index (χ4v) is 5.20. The highest BCUT2D eigenvalue weighted by atomic mass is 32.1. The number of hydrogen-bond donors (Lipinski definition) is 1. The molecule has 166 valence electrons. The van der Waals surface area contributed by atoms with Crippen LogP contribution in [0.2, 0.25) is 0 Å². The lowest BCUT2D eigenvalue weighted by Gasteiger charge is -2.30. The average Bonchev–Trinajstić information content (AvgIpc) is 3.17. The lowest BCUT2D eigenvalue weighted by atomic mass is 9.94. The second-order valence-electron chi connectivity index (χ2n) is 8.72. The van der Waals surface area contributed by atoms with Crippen molar-refractivity contribution in [1.29, 1.82) is 0 Å². The number of rotatable bonds is 5. The minimum Gasteiger partial charge on any atom is -0.492 e. The number of morpholine rings is 1. The molecule has 0 aliphatic carbocycles. The highest BCUT2D eigenvalue weighted by Crippen LogP contribution is 2.42. The Bertz CT molecular complexity index is 970. The molecule has 0 unspecified atom stereocenters. The zero-order valence-corrected chi connectivity index (χ0v) is 18.8. The second-order valence-corrected chi connectivity index (χ2v) is 9.70. The molecule has 9 heteroatoms. The Labute approximate surface area is 186 Å². The molecule has 4 heterocycles. The molecule has 1 amide bonds. The Balaban J connectivity index is 1.30. The number of nitrogens with one attached hydrogen (secondary N) is 1. The fraction of sp³-hybridized carbons (Fsp3) is 0.545. The van der Waals surface area contributed by atoms with Gasteiger partial charge in [-0.3, -0.25) is 9.69 Å². The van der Waals surface area contributed by atoms with Gasteiger partial charge in [-0.05, 0) is 26.0 Å². The number of aromatic nitrogens is 1. The lowest BCUT2D eigenvalue weighted by Crippen LogP contribution is -2.48. The topological polar surface area (TPSA) is 76.2 Å². The second kappa shape index (κ2) is 8.29. The number of anilines is 2. The summed E-state index contributed by atoms with van der Waals surface area (Å²) < 4.78 is 17.3. The SMILES string of the molecule is CC1(C)Cc2nc(N3CCOc4cc(OCCN5CCOCC5)ccc43)sc2C(=O)N1. The van der Waals surface area contributed by atoms with Gasteiger partial charge >= 0.3 is 0 Å². The largest absolute Gasteiger partial charge is 0.492 e. The van der Waals surface area contributed by atoms with Crippen molar-refractivity contribution in [2.24, 2.45) is 0 Å². The maximum atomic E-state index is 12.5. The first-order valence-corrected chi connectivity index (χ1v) is 11.6. The van der Waals surface area contributed by atoms with Gasteiger partial charge in [-0.1, -0.05) is 11.3 Å². The van der Waals surface area contributed by atoms with Gasteiger partial charge in [0.25, 0.3) is 5.91 Å². The summed E-state index contributed by atoms with van der Waals surface area (Å²) in [5, 5.41) is 3.90. The third kappa shape index (κ3) is 4.35. The molecule has 1 saturated heterocycles. The van der Waals surface area contributed by atoms with Crippen LogP contribution in [0.1, 0.15) is 29.2 Å². The number of carbonyl (C=O) groups excluding carboxylic acids is 1. The molecule has 3 aliphatic heterocycles. The molecule has 8 nitrogen and oxygen atoms in total. The van der Waals surface area contributed by atoms with Crippen LogP contribution in [-0.2, 0) is 11.2 Å². The molecular weight excluding hydrogens is 416 g/mol. The van der Waals surface area contributed by atoms with Crippen LogP contribution in [0.25, 0.3) is 0 Å². The molecule has 0 bridgehead atoms. The fourth-order valence-electron chi connectivity index (χ4n) is 4.19. The molecule has 1 fully saturated rings. The van der Waals surface area contributed by atoms with Gasteiger partial charge in [0.1, 0.15) is 29.6 Å². The van der Waals surface area contributed by atoms with Crippen LogP contribution >= 0.6 is 11.3 Å². The first-order valence-electron chi connectivity index (χ1n) is 10.8. The maximum absolute atomic E-state index is 12.5. The highest BCUT2D eigenvalue weighted by Gasteiger charge is 2.34. The summed E-state index contributed by atoms with van der Waals surface area (Å²) in [6.07, 6.45) is 0.734. The van der Waals surface area contributed by atoms with Crippen molar-refractivity contribution in [3.8, 4) is 11.5 Å². The van der Waals surface area contributed by atoms with E-state index in [4.69, 9.17) is 19.2 Å². The van der Waals surface area contributed by atoms with Gasteiger partial charge in [-0.25, -0.2) is 4.98 Å². The Morgan fingerprint density at radius 1 is 1.23 bits per heavy atom. The number of ether oxygens (including phenoxy) is 3. The lowest BCUT2D eigenvalue weighted by molar-refractivity contribution is 0.0322. The van der Waals surface area contributed by atoms with Crippen molar-refractivity contribution in [3.05, 3.63) is 28.8 Å². The Morgan fingerprint density at radius 3 is 2.90 bits per heavy atom. The first-order chi connectivity index (χ1) is 15.0. The summed E-state index contributed by atoms with van der Waals surface area (Å²) in [5.41, 5.74) is 1.56. The van der Waals surface area contributed by atoms with E-state index in [2.05, 4.69) is 15.1 Å². The van der Waals surface area contributed by atoms with Crippen molar-refractivity contribution >= 4 is 28.1 Å². The Morgan fingerprint density at radius 2 is 2.06 bits per heavy atom. The molecule has 3 aliphatic rings. The van der Waals surface area contributed by atoms with Crippen molar-refractivity contribution < 1.29 is 19.0 Å². The molecule has 0 saturated carbocycles. The summed E-state index contributed by atoms with van der Waals surface area (Å²) in [4.78, 5) is 22.5. The molecule has 31 heavy (non-hydrogen) atoms. The predicted molar refractivity (Wildman–Crippen MR) is 119 cm³/mol. The maximum Gasteiger partial charge on any atom is 0.263 e. The number of hydrogen-bond acceptors (Lipinski definition) is 8. The van der Waals surface area contributed by atoms with E-state index in [9.17, 15) is 4.79 Å². The van der Waals surface area contributed by atoms with Crippen LogP contribution in [0, 0.1) is 0 Å². The number of amides is 1. The van der Waals surface area contributed by atoms with Gasteiger partial charge in [-0.2, -0.15) is 0 Å². The molecule has 2 aromatic rings. The van der Waals surface area contributed by atoms with Gasteiger partial charge in [-0.15, -0.1) is 0 Å². The Hall–Kier alpha value is -2.36. The summed E-state index contributed by atoms with van der Waals surface area (Å²) in [5.74, 6) is 1.55. The summed E-state index contributed by atoms with van der Waals surface area (Å²) in [7, 11) is 0. The third-order valence-electron chi connectivity index (χ3n) is 5.76. The zero-order chi connectivity index (χ0) is 21.4. The van der Waals surface area contributed by atoms with Gasteiger partial charge in [0.15, 0.2) is 5.13 Å². The van der Waals surface area contributed by atoms with Crippen molar-refractivity contribution in [3.63, 3.8) is 0 Å². The highest BCUT2D eigenvalue weighted by molar-refractivity contribution is 7.17. The van der Waals surface area contributed by atoms with E-state index >= 15 is 0 Å². The molecule has 1 N–H and O–H groups in total. The van der Waals surface area contributed by atoms with Crippen LogP contribution < -0.4 is 19.7 Å². The summed E-state index contributed by atoms with van der Waals surface area (Å²) in [6, 6.07) is 5.94. The van der Waals surface area contributed by atoms with E-state index in [0.717, 1.165) is 67.3 Å². The van der Waals surface area contributed by atoms with Gasteiger partial charge in [0.2, 0.25) is 0 Å². The van der Waals surface area contributed by atoms with Crippen molar-refractivity contribution in [2.75, 3.05) is 57.5 Å². The molecule has 0 atom stereocenters. The number of carbonyl (C=O) groups is 1. The van der Waals surface area contributed by atoms with Crippen molar-refractivity contribution in [1.82, 2.24) is 15.2 Å². The smallest absolute Gasteiger partial charge is 0.263 e. The monoisotopic (exact) mass is 444 g/mol. The van der Waals surface area contributed by atoms with E-state index in [1.807, 2.05) is 32.0 Å². The summed E-state index contributed by atoms with van der Waals surface area (Å²) >= 11 is 1.45. The van der Waals surface area contributed by atoms with E-state index in [0.29, 0.717) is 24.6 Å².